The minimum atomic E-state index is 0.234. The van der Waals surface area contributed by atoms with Crippen molar-refractivity contribution in [2.75, 3.05) is 7.11 Å². The predicted octanol–water partition coefficient (Wildman–Crippen LogP) is 2.86. The summed E-state index contributed by atoms with van der Waals surface area (Å²) in [7, 11) is 1.60. The second-order valence-corrected chi connectivity index (χ2v) is 3.13. The maximum Gasteiger partial charge on any atom is 0.120 e. The van der Waals surface area contributed by atoms with E-state index in [-0.39, 0.29) is 5.92 Å². The summed E-state index contributed by atoms with van der Waals surface area (Å²) in [6.07, 6.45) is 1.84. The summed E-state index contributed by atoms with van der Waals surface area (Å²) in [6.45, 7) is 5.75. The van der Waals surface area contributed by atoms with Gasteiger partial charge in [0.25, 0.3) is 0 Å². The number of nitrogens with zero attached hydrogens (tertiary/aromatic N) is 1. The van der Waals surface area contributed by atoms with Crippen LogP contribution in [0.4, 0.5) is 0 Å². The summed E-state index contributed by atoms with van der Waals surface area (Å²) in [5.41, 5.74) is 1.67. The first-order chi connectivity index (χ1) is 6.71. The maximum atomic E-state index is 8.81. The number of hydrogen-bond acceptors (Lipinski definition) is 2. The molecule has 0 saturated heterocycles. The molecule has 14 heavy (non-hydrogen) atoms. The average molecular weight is 187 g/mol. The van der Waals surface area contributed by atoms with Crippen LogP contribution in [-0.4, -0.2) is 7.11 Å². The molecule has 1 aromatic carbocycles. The zero-order valence-electron chi connectivity index (χ0n) is 8.45. The summed E-state index contributed by atoms with van der Waals surface area (Å²) in [5, 5.41) is 8.81. The lowest BCUT2D eigenvalue weighted by Gasteiger charge is -2.08. The molecule has 0 saturated carbocycles. The van der Waals surface area contributed by atoms with E-state index in [0.717, 1.165) is 5.56 Å². The molecule has 0 spiro atoms. The Hall–Kier alpha value is -1.75. The highest BCUT2D eigenvalue weighted by Crippen LogP contribution is 2.23. The smallest absolute Gasteiger partial charge is 0.120 e. The first-order valence-corrected chi connectivity index (χ1v) is 4.43. The third-order valence-electron chi connectivity index (χ3n) is 2.17. The molecule has 1 unspecified atom stereocenters. The van der Waals surface area contributed by atoms with Crippen LogP contribution in [0.15, 0.2) is 30.9 Å². The number of hydrogen-bond donors (Lipinski definition) is 0. The topological polar surface area (TPSA) is 33.0 Å². The van der Waals surface area contributed by atoms with Gasteiger partial charge in [-0.25, -0.2) is 0 Å². The monoisotopic (exact) mass is 187 g/mol. The molecule has 1 aromatic rings. The highest BCUT2D eigenvalue weighted by Gasteiger charge is 2.05. The average Bonchev–Trinajstić information content (AvgIpc) is 2.27. The van der Waals surface area contributed by atoms with Gasteiger partial charge < -0.3 is 4.74 Å². The van der Waals surface area contributed by atoms with Crippen molar-refractivity contribution >= 4 is 0 Å². The molecule has 2 heteroatoms. The van der Waals surface area contributed by atoms with Crippen LogP contribution in [0, 0.1) is 11.3 Å². The van der Waals surface area contributed by atoms with E-state index in [1.165, 1.54) is 0 Å². The van der Waals surface area contributed by atoms with E-state index in [1.807, 2.05) is 25.1 Å². The summed E-state index contributed by atoms with van der Waals surface area (Å²) in [6, 6.07) is 7.61. The van der Waals surface area contributed by atoms with Gasteiger partial charge in [0.05, 0.1) is 18.7 Å². The number of nitriles is 1. The second kappa shape index (κ2) is 4.48. The van der Waals surface area contributed by atoms with E-state index < -0.39 is 0 Å². The Morgan fingerprint density at radius 3 is 2.71 bits per heavy atom. The van der Waals surface area contributed by atoms with E-state index in [9.17, 15) is 0 Å². The standard InChI is InChI=1S/C12H13NO/c1-4-9(2)11-5-10(8-13)6-12(7-11)14-3/h4-7,9H,1H2,2-3H3. The summed E-state index contributed by atoms with van der Waals surface area (Å²) in [4.78, 5) is 0. The van der Waals surface area contributed by atoms with Gasteiger partial charge in [-0.3, -0.25) is 0 Å². The molecular weight excluding hydrogens is 174 g/mol. The molecule has 0 aliphatic carbocycles. The van der Waals surface area contributed by atoms with Crippen LogP contribution in [0.5, 0.6) is 5.75 Å². The van der Waals surface area contributed by atoms with Gasteiger partial charge in [-0.1, -0.05) is 13.0 Å². The molecule has 0 amide bonds. The molecule has 0 radical (unpaired) electrons. The number of benzene rings is 1. The molecule has 0 aliphatic heterocycles. The van der Waals surface area contributed by atoms with Gasteiger partial charge >= 0.3 is 0 Å². The minimum Gasteiger partial charge on any atom is -0.497 e. The quantitative estimate of drug-likeness (QED) is 0.681. The van der Waals surface area contributed by atoms with Crippen molar-refractivity contribution < 1.29 is 4.74 Å². The van der Waals surface area contributed by atoms with Crippen LogP contribution < -0.4 is 4.74 Å². The molecule has 0 bridgehead atoms. The fraction of sp³-hybridized carbons (Fsp3) is 0.250. The van der Waals surface area contributed by atoms with Gasteiger partial charge in [-0.2, -0.15) is 5.26 Å². The Morgan fingerprint density at radius 1 is 1.50 bits per heavy atom. The predicted molar refractivity (Wildman–Crippen MR) is 56.3 cm³/mol. The Bertz CT molecular complexity index is 376. The van der Waals surface area contributed by atoms with Gasteiger partial charge in [0.15, 0.2) is 0 Å². The molecule has 0 aliphatic rings. The van der Waals surface area contributed by atoms with Gasteiger partial charge in [0.2, 0.25) is 0 Å². The highest BCUT2D eigenvalue weighted by molar-refractivity contribution is 5.42. The van der Waals surface area contributed by atoms with Gasteiger partial charge in [0.1, 0.15) is 5.75 Å². The van der Waals surface area contributed by atoms with Crippen molar-refractivity contribution in [3.8, 4) is 11.8 Å². The zero-order chi connectivity index (χ0) is 10.6. The van der Waals surface area contributed by atoms with E-state index in [0.29, 0.717) is 11.3 Å². The number of methoxy groups -OCH3 is 1. The van der Waals surface area contributed by atoms with Crippen molar-refractivity contribution in [1.29, 1.82) is 5.26 Å². The van der Waals surface area contributed by atoms with E-state index in [1.54, 1.807) is 13.2 Å². The lowest BCUT2D eigenvalue weighted by molar-refractivity contribution is 0.414. The Morgan fingerprint density at radius 2 is 2.21 bits per heavy atom. The summed E-state index contributed by atoms with van der Waals surface area (Å²) in [5.74, 6) is 0.949. The zero-order valence-corrected chi connectivity index (χ0v) is 8.45. The van der Waals surface area contributed by atoms with Crippen molar-refractivity contribution in [2.24, 2.45) is 0 Å². The first-order valence-electron chi connectivity index (χ1n) is 4.43. The molecule has 0 heterocycles. The van der Waals surface area contributed by atoms with Crippen molar-refractivity contribution in [2.45, 2.75) is 12.8 Å². The molecule has 2 nitrogen and oxygen atoms in total. The Labute approximate surface area is 84.4 Å². The third-order valence-corrected chi connectivity index (χ3v) is 2.17. The van der Waals surface area contributed by atoms with E-state index in [2.05, 4.69) is 12.6 Å². The fourth-order valence-corrected chi connectivity index (χ4v) is 1.20. The van der Waals surface area contributed by atoms with Crippen molar-refractivity contribution in [1.82, 2.24) is 0 Å². The summed E-state index contributed by atoms with van der Waals surface area (Å²) >= 11 is 0. The van der Waals surface area contributed by atoms with Crippen LogP contribution in [0.1, 0.15) is 24.0 Å². The lowest BCUT2D eigenvalue weighted by atomic mass is 9.99. The normalized spacial score (nSPS) is 11.5. The molecular formula is C12H13NO. The van der Waals surface area contributed by atoms with E-state index in [4.69, 9.17) is 10.00 Å². The van der Waals surface area contributed by atoms with Crippen molar-refractivity contribution in [3.63, 3.8) is 0 Å². The molecule has 1 rings (SSSR count). The molecule has 1 atom stereocenters. The minimum absolute atomic E-state index is 0.234. The van der Waals surface area contributed by atoms with E-state index >= 15 is 0 Å². The van der Waals surface area contributed by atoms with Crippen LogP contribution in [0.25, 0.3) is 0 Å². The lowest BCUT2D eigenvalue weighted by Crippen LogP contribution is -1.92. The van der Waals surface area contributed by atoms with Gasteiger partial charge in [-0.15, -0.1) is 6.58 Å². The SMILES string of the molecule is C=CC(C)c1cc(C#N)cc(OC)c1. The number of allylic oxidation sites excluding steroid dienone is 1. The number of ether oxygens (including phenoxy) is 1. The van der Waals surface area contributed by atoms with Crippen LogP contribution in [0.2, 0.25) is 0 Å². The Balaban J connectivity index is 3.18. The largest absolute Gasteiger partial charge is 0.497 e. The van der Waals surface area contributed by atoms with Crippen LogP contribution in [0.3, 0.4) is 0 Å². The fourth-order valence-electron chi connectivity index (χ4n) is 1.20. The molecule has 0 aromatic heterocycles. The number of rotatable bonds is 3. The summed E-state index contributed by atoms with van der Waals surface area (Å²) < 4.78 is 5.11. The molecule has 0 N–H and O–H groups in total. The van der Waals surface area contributed by atoms with Crippen LogP contribution in [-0.2, 0) is 0 Å². The molecule has 72 valence electrons. The van der Waals surface area contributed by atoms with Crippen molar-refractivity contribution in [3.05, 3.63) is 42.0 Å². The second-order valence-electron chi connectivity index (χ2n) is 3.13. The van der Waals surface area contributed by atoms with Gasteiger partial charge in [0, 0.05) is 0 Å². The van der Waals surface area contributed by atoms with Crippen LogP contribution >= 0.6 is 0 Å². The maximum absolute atomic E-state index is 8.81. The molecule has 0 fully saturated rings. The first kappa shape index (κ1) is 10.3. The van der Waals surface area contributed by atoms with Gasteiger partial charge in [-0.05, 0) is 29.7 Å². The highest BCUT2D eigenvalue weighted by atomic mass is 16.5. The Kier molecular flexibility index (Phi) is 3.30. The third kappa shape index (κ3) is 2.14.